The van der Waals surface area contributed by atoms with Crippen LogP contribution in [-0.2, 0) is 11.3 Å². The topological polar surface area (TPSA) is 50.8 Å². The molecule has 0 saturated carbocycles. The fourth-order valence-electron chi connectivity index (χ4n) is 1.39. The molecule has 0 bridgehead atoms. The number of nitriles is 1. The second-order valence-corrected chi connectivity index (χ2v) is 3.22. The molecular weight excluding hydrogens is 166 g/mol. The van der Waals surface area contributed by atoms with Crippen LogP contribution in [0.4, 0.5) is 0 Å². The summed E-state index contributed by atoms with van der Waals surface area (Å²) in [6.45, 7) is 3.59. The predicted octanol–water partition coefficient (Wildman–Crippen LogP) is 0.852. The first-order valence-corrected chi connectivity index (χ1v) is 4.34. The summed E-state index contributed by atoms with van der Waals surface area (Å²) in [6.07, 6.45) is 3.13. The number of imidazole rings is 1. The molecule has 1 atom stereocenters. The summed E-state index contributed by atoms with van der Waals surface area (Å²) < 4.78 is 7.28. The zero-order valence-corrected chi connectivity index (χ0v) is 7.53. The Morgan fingerprint density at radius 2 is 2.62 bits per heavy atom. The lowest BCUT2D eigenvalue weighted by atomic mass is 10.2. The van der Waals surface area contributed by atoms with E-state index in [9.17, 15) is 0 Å². The van der Waals surface area contributed by atoms with E-state index in [1.54, 1.807) is 6.33 Å². The van der Waals surface area contributed by atoms with Crippen LogP contribution in [0.25, 0.3) is 0 Å². The summed E-state index contributed by atoms with van der Waals surface area (Å²) in [6, 6.07) is 2.05. The highest BCUT2D eigenvalue weighted by Gasteiger charge is 2.19. The first kappa shape index (κ1) is 8.27. The van der Waals surface area contributed by atoms with E-state index in [-0.39, 0.29) is 0 Å². The fraction of sp³-hybridized carbons (Fsp3) is 0.556. The van der Waals surface area contributed by atoms with Crippen molar-refractivity contribution in [2.75, 3.05) is 6.61 Å². The Hall–Kier alpha value is -1.34. The maximum atomic E-state index is 8.68. The summed E-state index contributed by atoms with van der Waals surface area (Å²) in [5.41, 5.74) is 1.44. The molecule has 0 N–H and O–H groups in total. The van der Waals surface area contributed by atoms with Crippen LogP contribution in [0.2, 0.25) is 0 Å². The second-order valence-electron chi connectivity index (χ2n) is 3.22. The molecule has 0 aromatic carbocycles. The van der Waals surface area contributed by atoms with Crippen molar-refractivity contribution >= 4 is 0 Å². The van der Waals surface area contributed by atoms with E-state index in [2.05, 4.69) is 11.1 Å². The molecule has 1 aromatic heterocycles. The quantitative estimate of drug-likeness (QED) is 0.673. The maximum Gasteiger partial charge on any atom is 0.161 e. The number of hydrogen-bond acceptors (Lipinski definition) is 3. The van der Waals surface area contributed by atoms with Gasteiger partial charge in [-0.15, -0.1) is 0 Å². The van der Waals surface area contributed by atoms with Crippen molar-refractivity contribution in [3.8, 4) is 6.07 Å². The molecule has 13 heavy (non-hydrogen) atoms. The molecule has 4 nitrogen and oxygen atoms in total. The van der Waals surface area contributed by atoms with E-state index in [0.717, 1.165) is 25.3 Å². The van der Waals surface area contributed by atoms with Crippen LogP contribution in [0.1, 0.15) is 17.8 Å². The summed E-state index contributed by atoms with van der Waals surface area (Å²) in [7, 11) is 0. The van der Waals surface area contributed by atoms with Gasteiger partial charge in [-0.3, -0.25) is 0 Å². The van der Waals surface area contributed by atoms with Crippen molar-refractivity contribution in [2.45, 2.75) is 26.0 Å². The largest absolute Gasteiger partial charge is 0.376 e. The van der Waals surface area contributed by atoms with Crippen molar-refractivity contribution in [2.24, 2.45) is 0 Å². The van der Waals surface area contributed by atoms with Gasteiger partial charge in [-0.2, -0.15) is 5.26 Å². The molecule has 0 spiro atoms. The highest BCUT2D eigenvalue weighted by Crippen LogP contribution is 2.15. The lowest BCUT2D eigenvalue weighted by molar-refractivity contribution is -0.0594. The highest BCUT2D eigenvalue weighted by molar-refractivity contribution is 5.25. The van der Waals surface area contributed by atoms with Crippen molar-refractivity contribution in [3.63, 3.8) is 0 Å². The van der Waals surface area contributed by atoms with Crippen LogP contribution < -0.4 is 0 Å². The molecular formula is C9H11N3O. The summed E-state index contributed by atoms with van der Waals surface area (Å²) in [5, 5.41) is 8.68. The monoisotopic (exact) mass is 177 g/mol. The average Bonchev–Trinajstić information content (AvgIpc) is 2.40. The lowest BCUT2D eigenvalue weighted by Crippen LogP contribution is -2.31. The maximum absolute atomic E-state index is 8.68. The van der Waals surface area contributed by atoms with Crippen LogP contribution in [0.3, 0.4) is 0 Å². The summed E-state index contributed by atoms with van der Waals surface area (Å²) >= 11 is 0. The Balaban J connectivity index is 2.11. The normalized spacial score (nSPS) is 20.8. The Kier molecular flexibility index (Phi) is 2.03. The molecule has 1 saturated heterocycles. The third-order valence-electron chi connectivity index (χ3n) is 2.40. The Bertz CT molecular complexity index is 346. The van der Waals surface area contributed by atoms with E-state index in [1.807, 2.05) is 11.5 Å². The molecule has 1 aromatic rings. The van der Waals surface area contributed by atoms with E-state index < -0.39 is 0 Å². The highest BCUT2D eigenvalue weighted by atomic mass is 16.5. The van der Waals surface area contributed by atoms with Crippen LogP contribution in [0.15, 0.2) is 6.33 Å². The van der Waals surface area contributed by atoms with Gasteiger partial charge in [-0.05, 0) is 13.3 Å². The Morgan fingerprint density at radius 1 is 1.85 bits per heavy atom. The molecule has 0 amide bonds. The minimum Gasteiger partial charge on any atom is -0.376 e. The number of rotatable bonds is 2. The number of hydrogen-bond donors (Lipinski definition) is 0. The van der Waals surface area contributed by atoms with Gasteiger partial charge in [-0.1, -0.05) is 0 Å². The zero-order chi connectivity index (χ0) is 9.26. The predicted molar refractivity (Wildman–Crippen MR) is 46.0 cm³/mol. The third kappa shape index (κ3) is 1.43. The molecule has 1 aliphatic heterocycles. The van der Waals surface area contributed by atoms with E-state index in [0.29, 0.717) is 11.8 Å². The lowest BCUT2D eigenvalue weighted by Gasteiger charge is -2.26. The molecule has 4 heteroatoms. The molecule has 68 valence electrons. The SMILES string of the molecule is Cc1c(C#N)ncn1C[C@@H]1CCO1. The summed E-state index contributed by atoms with van der Waals surface area (Å²) in [5.74, 6) is 0. The smallest absolute Gasteiger partial charge is 0.161 e. The number of nitrogens with zero attached hydrogens (tertiary/aromatic N) is 3. The van der Waals surface area contributed by atoms with E-state index in [1.165, 1.54) is 0 Å². The molecule has 2 rings (SSSR count). The van der Waals surface area contributed by atoms with Crippen LogP contribution >= 0.6 is 0 Å². The van der Waals surface area contributed by atoms with E-state index in [4.69, 9.17) is 10.00 Å². The zero-order valence-electron chi connectivity index (χ0n) is 7.53. The van der Waals surface area contributed by atoms with Crippen LogP contribution in [0.5, 0.6) is 0 Å². The van der Waals surface area contributed by atoms with Gasteiger partial charge in [0.2, 0.25) is 0 Å². The minimum absolute atomic E-state index is 0.319. The van der Waals surface area contributed by atoms with Gasteiger partial charge in [0.05, 0.1) is 24.7 Å². The Labute approximate surface area is 76.8 Å². The minimum atomic E-state index is 0.319. The molecule has 0 unspecified atom stereocenters. The van der Waals surface area contributed by atoms with Crippen molar-refractivity contribution in [1.82, 2.24) is 9.55 Å². The Morgan fingerprint density at radius 3 is 3.08 bits per heavy atom. The standard InChI is InChI=1S/C9H11N3O/c1-7-9(4-10)11-6-12(7)5-8-2-3-13-8/h6,8H,2-3,5H2,1H3/t8-/m0/s1. The third-order valence-corrected chi connectivity index (χ3v) is 2.40. The van der Waals surface area contributed by atoms with Gasteiger partial charge in [0.1, 0.15) is 6.07 Å². The first-order valence-electron chi connectivity index (χ1n) is 4.34. The van der Waals surface area contributed by atoms with Crippen molar-refractivity contribution in [1.29, 1.82) is 5.26 Å². The van der Waals surface area contributed by atoms with Crippen LogP contribution in [-0.4, -0.2) is 22.3 Å². The molecule has 1 aliphatic rings. The van der Waals surface area contributed by atoms with Crippen molar-refractivity contribution in [3.05, 3.63) is 17.7 Å². The molecule has 2 heterocycles. The molecule has 1 fully saturated rings. The summed E-state index contributed by atoms with van der Waals surface area (Å²) in [4.78, 5) is 3.99. The molecule has 0 radical (unpaired) electrons. The van der Waals surface area contributed by atoms with Crippen molar-refractivity contribution < 1.29 is 4.74 Å². The fourth-order valence-corrected chi connectivity index (χ4v) is 1.39. The molecule has 0 aliphatic carbocycles. The first-order chi connectivity index (χ1) is 6.31. The number of ether oxygens (including phenoxy) is 1. The van der Waals surface area contributed by atoms with Gasteiger partial charge in [0.15, 0.2) is 5.69 Å². The number of aromatic nitrogens is 2. The van der Waals surface area contributed by atoms with Crippen LogP contribution in [0, 0.1) is 18.3 Å². The van der Waals surface area contributed by atoms with Gasteiger partial charge in [0, 0.05) is 6.61 Å². The van der Waals surface area contributed by atoms with Gasteiger partial charge < -0.3 is 9.30 Å². The van der Waals surface area contributed by atoms with Gasteiger partial charge >= 0.3 is 0 Å². The van der Waals surface area contributed by atoms with Gasteiger partial charge in [-0.25, -0.2) is 4.98 Å². The van der Waals surface area contributed by atoms with E-state index >= 15 is 0 Å². The average molecular weight is 177 g/mol. The van der Waals surface area contributed by atoms with Gasteiger partial charge in [0.25, 0.3) is 0 Å². The second kappa shape index (κ2) is 3.19.